The topological polar surface area (TPSA) is 40.6 Å². The monoisotopic (exact) mass is 272 g/mol. The van der Waals surface area contributed by atoms with Gasteiger partial charge in [0.2, 0.25) is 0 Å². The summed E-state index contributed by atoms with van der Waals surface area (Å²) in [5.74, 6) is -0.344. The molecule has 1 fully saturated rings. The SMILES string of the molecule is CC(C)(C)N1C(=O)c2ccc(N3CCCC3)cc2C1=O. The first-order valence-electron chi connectivity index (χ1n) is 7.17. The molecule has 0 spiro atoms. The molecule has 2 heterocycles. The van der Waals surface area contributed by atoms with Crippen LogP contribution in [0.4, 0.5) is 5.69 Å². The molecule has 0 saturated carbocycles. The summed E-state index contributed by atoms with van der Waals surface area (Å²) in [6, 6.07) is 5.64. The molecular formula is C16H20N2O2. The van der Waals surface area contributed by atoms with Crippen molar-refractivity contribution >= 4 is 17.5 Å². The lowest BCUT2D eigenvalue weighted by Gasteiger charge is -2.29. The quantitative estimate of drug-likeness (QED) is 0.738. The van der Waals surface area contributed by atoms with Crippen molar-refractivity contribution in [3.8, 4) is 0 Å². The minimum absolute atomic E-state index is 0.168. The number of carbonyl (C=O) groups is 2. The van der Waals surface area contributed by atoms with Crippen LogP contribution in [-0.4, -0.2) is 35.3 Å². The number of benzene rings is 1. The van der Waals surface area contributed by atoms with Crippen molar-refractivity contribution in [2.24, 2.45) is 0 Å². The Balaban J connectivity index is 2.00. The predicted octanol–water partition coefficient (Wildman–Crippen LogP) is 2.68. The number of hydrogen-bond acceptors (Lipinski definition) is 3. The van der Waals surface area contributed by atoms with E-state index in [1.807, 2.05) is 32.9 Å². The molecule has 2 aliphatic heterocycles. The van der Waals surface area contributed by atoms with E-state index in [4.69, 9.17) is 0 Å². The second-order valence-corrected chi connectivity index (χ2v) is 6.54. The molecule has 0 atom stereocenters. The molecule has 4 nitrogen and oxygen atoms in total. The smallest absolute Gasteiger partial charge is 0.262 e. The Morgan fingerprint density at radius 2 is 1.55 bits per heavy atom. The summed E-state index contributed by atoms with van der Waals surface area (Å²) in [4.78, 5) is 28.5. The molecule has 0 N–H and O–H groups in total. The zero-order valence-electron chi connectivity index (χ0n) is 12.3. The third-order valence-electron chi connectivity index (χ3n) is 4.01. The van der Waals surface area contributed by atoms with Gasteiger partial charge in [0.15, 0.2) is 0 Å². The maximum atomic E-state index is 12.5. The lowest BCUT2D eigenvalue weighted by molar-refractivity contribution is 0.0508. The molecular weight excluding hydrogens is 252 g/mol. The van der Waals surface area contributed by atoms with Crippen LogP contribution in [0.3, 0.4) is 0 Å². The van der Waals surface area contributed by atoms with Crippen LogP contribution in [0.15, 0.2) is 18.2 Å². The fraction of sp³-hybridized carbons (Fsp3) is 0.500. The van der Waals surface area contributed by atoms with Crippen molar-refractivity contribution in [1.29, 1.82) is 0 Å². The lowest BCUT2D eigenvalue weighted by Crippen LogP contribution is -2.45. The predicted molar refractivity (Wildman–Crippen MR) is 78.1 cm³/mol. The van der Waals surface area contributed by atoms with E-state index in [2.05, 4.69) is 4.90 Å². The van der Waals surface area contributed by atoms with Gasteiger partial charge in [0, 0.05) is 24.3 Å². The average Bonchev–Trinajstić information content (AvgIpc) is 2.96. The first kappa shape index (κ1) is 13.2. The van der Waals surface area contributed by atoms with Crippen LogP contribution >= 0.6 is 0 Å². The van der Waals surface area contributed by atoms with Gasteiger partial charge in [-0.05, 0) is 51.8 Å². The van der Waals surface area contributed by atoms with Gasteiger partial charge in [0.05, 0.1) is 11.1 Å². The van der Waals surface area contributed by atoms with Crippen LogP contribution in [0.5, 0.6) is 0 Å². The Morgan fingerprint density at radius 1 is 0.950 bits per heavy atom. The molecule has 0 bridgehead atoms. The maximum absolute atomic E-state index is 12.5. The Kier molecular flexibility index (Phi) is 2.85. The highest BCUT2D eigenvalue weighted by Crippen LogP contribution is 2.32. The summed E-state index contributed by atoms with van der Waals surface area (Å²) in [6.07, 6.45) is 2.39. The number of carbonyl (C=O) groups excluding carboxylic acids is 2. The van der Waals surface area contributed by atoms with E-state index in [1.165, 1.54) is 17.7 Å². The van der Waals surface area contributed by atoms with Crippen LogP contribution in [0.1, 0.15) is 54.3 Å². The molecule has 1 saturated heterocycles. The number of amides is 2. The number of nitrogens with zero attached hydrogens (tertiary/aromatic N) is 2. The minimum atomic E-state index is -0.485. The van der Waals surface area contributed by atoms with Crippen molar-refractivity contribution < 1.29 is 9.59 Å². The molecule has 0 radical (unpaired) electrons. The zero-order valence-corrected chi connectivity index (χ0v) is 12.3. The highest BCUT2D eigenvalue weighted by Gasteiger charge is 2.42. The maximum Gasteiger partial charge on any atom is 0.262 e. The fourth-order valence-corrected chi connectivity index (χ4v) is 3.01. The first-order valence-corrected chi connectivity index (χ1v) is 7.17. The Bertz CT molecular complexity index is 581. The number of rotatable bonds is 1. The second kappa shape index (κ2) is 4.33. The second-order valence-electron chi connectivity index (χ2n) is 6.54. The van der Waals surface area contributed by atoms with Gasteiger partial charge in [0.1, 0.15) is 0 Å². The molecule has 1 aromatic carbocycles. The molecule has 3 rings (SSSR count). The van der Waals surface area contributed by atoms with E-state index in [9.17, 15) is 9.59 Å². The van der Waals surface area contributed by atoms with Crippen molar-refractivity contribution in [3.63, 3.8) is 0 Å². The molecule has 4 heteroatoms. The summed E-state index contributed by atoms with van der Waals surface area (Å²) in [7, 11) is 0. The van der Waals surface area contributed by atoms with Crippen molar-refractivity contribution in [2.45, 2.75) is 39.2 Å². The Labute approximate surface area is 119 Å². The molecule has 2 aliphatic rings. The van der Waals surface area contributed by atoms with Crippen LogP contribution < -0.4 is 4.90 Å². The molecule has 2 amide bonds. The third-order valence-corrected chi connectivity index (χ3v) is 4.01. The van der Waals surface area contributed by atoms with Gasteiger partial charge in [-0.1, -0.05) is 0 Å². The number of fused-ring (bicyclic) bond motifs is 1. The van der Waals surface area contributed by atoms with Crippen LogP contribution in [-0.2, 0) is 0 Å². The van der Waals surface area contributed by atoms with E-state index < -0.39 is 5.54 Å². The zero-order chi connectivity index (χ0) is 14.5. The van der Waals surface area contributed by atoms with Gasteiger partial charge < -0.3 is 4.90 Å². The molecule has 1 aromatic rings. The Morgan fingerprint density at radius 3 is 2.15 bits per heavy atom. The number of hydrogen-bond donors (Lipinski definition) is 0. The highest BCUT2D eigenvalue weighted by molar-refractivity contribution is 6.22. The average molecular weight is 272 g/mol. The lowest BCUT2D eigenvalue weighted by atomic mass is 10.1. The van der Waals surface area contributed by atoms with E-state index in [-0.39, 0.29) is 11.8 Å². The van der Waals surface area contributed by atoms with Crippen LogP contribution in [0.2, 0.25) is 0 Å². The van der Waals surface area contributed by atoms with Gasteiger partial charge >= 0.3 is 0 Å². The third kappa shape index (κ3) is 1.90. The van der Waals surface area contributed by atoms with Gasteiger partial charge in [-0.15, -0.1) is 0 Å². The summed E-state index contributed by atoms with van der Waals surface area (Å²) >= 11 is 0. The van der Waals surface area contributed by atoms with Gasteiger partial charge in [0.25, 0.3) is 11.8 Å². The number of anilines is 1. The van der Waals surface area contributed by atoms with Gasteiger partial charge in [-0.3, -0.25) is 14.5 Å². The standard InChI is InChI=1S/C16H20N2O2/c1-16(2,3)18-14(19)12-7-6-11(10-13(12)15(18)20)17-8-4-5-9-17/h6-7,10H,4-5,8-9H2,1-3H3. The molecule has 20 heavy (non-hydrogen) atoms. The van der Waals surface area contributed by atoms with Gasteiger partial charge in [-0.25, -0.2) is 0 Å². The Hall–Kier alpha value is -1.84. The van der Waals surface area contributed by atoms with E-state index in [0.717, 1.165) is 18.8 Å². The van der Waals surface area contributed by atoms with Gasteiger partial charge in [-0.2, -0.15) is 0 Å². The summed E-state index contributed by atoms with van der Waals surface area (Å²) < 4.78 is 0. The molecule has 106 valence electrons. The minimum Gasteiger partial charge on any atom is -0.372 e. The van der Waals surface area contributed by atoms with Crippen molar-refractivity contribution in [3.05, 3.63) is 29.3 Å². The highest BCUT2D eigenvalue weighted by atomic mass is 16.2. The largest absolute Gasteiger partial charge is 0.372 e. The molecule has 0 aliphatic carbocycles. The van der Waals surface area contributed by atoms with Crippen molar-refractivity contribution in [1.82, 2.24) is 4.90 Å². The van der Waals surface area contributed by atoms with E-state index in [1.54, 1.807) is 6.07 Å². The van der Waals surface area contributed by atoms with E-state index >= 15 is 0 Å². The summed E-state index contributed by atoms with van der Waals surface area (Å²) in [6.45, 7) is 7.72. The summed E-state index contributed by atoms with van der Waals surface area (Å²) in [5.41, 5.74) is 1.65. The first-order chi connectivity index (χ1) is 9.39. The van der Waals surface area contributed by atoms with Crippen LogP contribution in [0, 0.1) is 0 Å². The molecule has 0 aromatic heterocycles. The summed E-state index contributed by atoms with van der Waals surface area (Å²) in [5, 5.41) is 0. The number of imide groups is 1. The fourth-order valence-electron chi connectivity index (χ4n) is 3.01. The van der Waals surface area contributed by atoms with Crippen LogP contribution in [0.25, 0.3) is 0 Å². The van der Waals surface area contributed by atoms with E-state index in [0.29, 0.717) is 11.1 Å². The normalized spacial score (nSPS) is 18.9. The van der Waals surface area contributed by atoms with Crippen molar-refractivity contribution in [2.75, 3.05) is 18.0 Å². The molecule has 0 unspecified atom stereocenters.